The second-order valence-electron chi connectivity index (χ2n) is 4.98. The van der Waals surface area contributed by atoms with E-state index < -0.39 is 0 Å². The van der Waals surface area contributed by atoms with Gasteiger partial charge in [-0.3, -0.25) is 10.1 Å². The zero-order valence-corrected chi connectivity index (χ0v) is 13.4. The first-order valence-corrected chi connectivity index (χ1v) is 7.70. The molecule has 0 saturated heterocycles. The van der Waals surface area contributed by atoms with Crippen molar-refractivity contribution in [3.05, 3.63) is 66.8 Å². The van der Waals surface area contributed by atoms with Crippen LogP contribution in [0.1, 0.15) is 16.7 Å². The van der Waals surface area contributed by atoms with Gasteiger partial charge in [-0.25, -0.2) is 0 Å². The summed E-state index contributed by atoms with van der Waals surface area (Å²) in [5.74, 6) is 0. The van der Waals surface area contributed by atoms with Crippen LogP contribution in [-0.4, -0.2) is 4.92 Å². The summed E-state index contributed by atoms with van der Waals surface area (Å²) < 4.78 is 0.855. The maximum atomic E-state index is 11.1. The minimum absolute atomic E-state index is 0.115. The van der Waals surface area contributed by atoms with Gasteiger partial charge in [0.25, 0.3) is 5.69 Å². The molecule has 0 spiro atoms. The second kappa shape index (κ2) is 5.98. The number of rotatable bonds is 4. The van der Waals surface area contributed by atoms with Crippen molar-refractivity contribution in [3.63, 3.8) is 0 Å². The van der Waals surface area contributed by atoms with Crippen molar-refractivity contribution in [1.82, 2.24) is 5.32 Å². The van der Waals surface area contributed by atoms with Crippen LogP contribution >= 0.6 is 22.6 Å². The molecule has 5 nitrogen and oxygen atoms in total. The largest absolute Gasteiger partial charge is 0.375 e. The molecule has 6 heteroatoms. The lowest BCUT2D eigenvalue weighted by Gasteiger charge is -2.09. The lowest BCUT2D eigenvalue weighted by Crippen LogP contribution is -2.03. The first-order valence-electron chi connectivity index (χ1n) is 6.63. The molecule has 0 radical (unpaired) electrons. The van der Waals surface area contributed by atoms with Crippen molar-refractivity contribution in [3.8, 4) is 0 Å². The average Bonchev–Trinajstić information content (AvgIpc) is 2.93. The first-order chi connectivity index (χ1) is 10.1. The van der Waals surface area contributed by atoms with Gasteiger partial charge in [0.15, 0.2) is 0 Å². The SMILES string of the molecule is O=[N+]([O-])c1cc(I)ccc1NCc1ccc2c(c1)CNC2. The van der Waals surface area contributed by atoms with Crippen LogP contribution in [0.3, 0.4) is 0 Å². The molecule has 0 saturated carbocycles. The van der Waals surface area contributed by atoms with E-state index in [0.29, 0.717) is 12.2 Å². The fourth-order valence-corrected chi connectivity index (χ4v) is 2.94. The molecule has 21 heavy (non-hydrogen) atoms. The van der Waals surface area contributed by atoms with Gasteiger partial charge < -0.3 is 10.6 Å². The molecule has 0 bridgehead atoms. The number of halogens is 1. The summed E-state index contributed by atoms with van der Waals surface area (Å²) in [6.45, 7) is 2.40. The van der Waals surface area contributed by atoms with Gasteiger partial charge in [-0.05, 0) is 51.4 Å². The molecule has 108 valence electrons. The van der Waals surface area contributed by atoms with Crippen molar-refractivity contribution in [2.75, 3.05) is 5.32 Å². The summed E-state index contributed by atoms with van der Waals surface area (Å²) in [6, 6.07) is 11.5. The minimum atomic E-state index is -0.350. The highest BCUT2D eigenvalue weighted by atomic mass is 127. The third-order valence-corrected chi connectivity index (χ3v) is 4.21. The number of anilines is 1. The van der Waals surface area contributed by atoms with Gasteiger partial charge in [-0.15, -0.1) is 0 Å². The van der Waals surface area contributed by atoms with E-state index in [1.807, 2.05) is 6.07 Å². The van der Waals surface area contributed by atoms with Crippen molar-refractivity contribution in [2.24, 2.45) is 0 Å². The van der Waals surface area contributed by atoms with Gasteiger partial charge in [0, 0.05) is 29.3 Å². The highest BCUT2D eigenvalue weighted by Crippen LogP contribution is 2.27. The molecule has 0 amide bonds. The third kappa shape index (κ3) is 3.16. The Hall–Kier alpha value is -1.67. The molecule has 0 aliphatic carbocycles. The van der Waals surface area contributed by atoms with Gasteiger partial charge in [0.05, 0.1) is 4.92 Å². The number of nitro groups is 1. The van der Waals surface area contributed by atoms with Gasteiger partial charge >= 0.3 is 0 Å². The topological polar surface area (TPSA) is 67.2 Å². The van der Waals surface area contributed by atoms with Crippen LogP contribution in [0.15, 0.2) is 36.4 Å². The molecule has 0 unspecified atom stereocenters. The summed E-state index contributed by atoms with van der Waals surface area (Å²) in [6.07, 6.45) is 0. The van der Waals surface area contributed by atoms with Gasteiger partial charge in [0.1, 0.15) is 5.69 Å². The van der Waals surface area contributed by atoms with Crippen LogP contribution in [-0.2, 0) is 19.6 Å². The Balaban J connectivity index is 1.77. The molecule has 0 aromatic heterocycles. The molecule has 1 aliphatic heterocycles. The molecular weight excluding hydrogens is 381 g/mol. The summed E-state index contributed by atoms with van der Waals surface area (Å²) in [5, 5.41) is 17.6. The fourth-order valence-electron chi connectivity index (χ4n) is 2.46. The Bertz CT molecular complexity index is 703. The summed E-state index contributed by atoms with van der Waals surface area (Å²) in [7, 11) is 0. The van der Waals surface area contributed by atoms with E-state index in [1.165, 1.54) is 11.1 Å². The summed E-state index contributed by atoms with van der Waals surface area (Å²) in [5.41, 5.74) is 4.44. The van der Waals surface area contributed by atoms with Crippen LogP contribution in [0, 0.1) is 13.7 Å². The van der Waals surface area contributed by atoms with E-state index in [2.05, 4.69) is 51.4 Å². The lowest BCUT2D eigenvalue weighted by atomic mass is 10.1. The summed E-state index contributed by atoms with van der Waals surface area (Å²) >= 11 is 2.08. The Kier molecular flexibility index (Phi) is 4.07. The smallest absolute Gasteiger partial charge is 0.293 e. The van der Waals surface area contributed by atoms with Crippen LogP contribution in [0.4, 0.5) is 11.4 Å². The molecule has 2 N–H and O–H groups in total. The van der Waals surface area contributed by atoms with Crippen molar-refractivity contribution in [1.29, 1.82) is 0 Å². The molecule has 2 aromatic carbocycles. The van der Waals surface area contributed by atoms with E-state index in [1.54, 1.807) is 12.1 Å². The fraction of sp³-hybridized carbons (Fsp3) is 0.200. The van der Waals surface area contributed by atoms with Gasteiger partial charge in [0.2, 0.25) is 0 Å². The standard InChI is InChI=1S/C15H14IN3O2/c16-13-3-4-14(15(6-13)19(20)21)18-7-10-1-2-11-8-17-9-12(11)5-10/h1-6,17-18H,7-9H2. The zero-order chi connectivity index (χ0) is 14.8. The van der Waals surface area contributed by atoms with Crippen molar-refractivity contribution < 1.29 is 4.92 Å². The number of fused-ring (bicyclic) bond motifs is 1. The van der Waals surface area contributed by atoms with Crippen molar-refractivity contribution >= 4 is 34.0 Å². The number of benzene rings is 2. The predicted molar refractivity (Wildman–Crippen MR) is 90.1 cm³/mol. The monoisotopic (exact) mass is 395 g/mol. The lowest BCUT2D eigenvalue weighted by molar-refractivity contribution is -0.384. The quantitative estimate of drug-likeness (QED) is 0.473. The van der Waals surface area contributed by atoms with Crippen LogP contribution in [0.2, 0.25) is 0 Å². The normalized spacial score (nSPS) is 13.0. The Morgan fingerprint density at radius 2 is 2.00 bits per heavy atom. The molecule has 1 heterocycles. The average molecular weight is 395 g/mol. The Morgan fingerprint density at radius 1 is 1.19 bits per heavy atom. The second-order valence-corrected chi connectivity index (χ2v) is 6.22. The minimum Gasteiger partial charge on any atom is -0.375 e. The van der Waals surface area contributed by atoms with Gasteiger partial charge in [-0.1, -0.05) is 18.2 Å². The third-order valence-electron chi connectivity index (χ3n) is 3.54. The molecule has 0 atom stereocenters. The maximum absolute atomic E-state index is 11.1. The number of hydrogen-bond donors (Lipinski definition) is 2. The number of hydrogen-bond acceptors (Lipinski definition) is 4. The van der Waals surface area contributed by atoms with E-state index in [9.17, 15) is 10.1 Å². The van der Waals surface area contributed by atoms with Crippen LogP contribution in [0.25, 0.3) is 0 Å². The zero-order valence-electron chi connectivity index (χ0n) is 11.2. The number of nitro benzene ring substituents is 1. The van der Waals surface area contributed by atoms with Crippen molar-refractivity contribution in [2.45, 2.75) is 19.6 Å². The van der Waals surface area contributed by atoms with Crippen LogP contribution in [0.5, 0.6) is 0 Å². The highest BCUT2D eigenvalue weighted by molar-refractivity contribution is 14.1. The van der Waals surface area contributed by atoms with E-state index in [0.717, 1.165) is 22.2 Å². The Labute approximate surface area is 136 Å². The molecule has 1 aliphatic rings. The van der Waals surface area contributed by atoms with E-state index >= 15 is 0 Å². The number of nitrogens with one attached hydrogen (secondary N) is 2. The predicted octanol–water partition coefficient (Wildman–Crippen LogP) is 3.41. The van der Waals surface area contributed by atoms with E-state index in [4.69, 9.17) is 0 Å². The molecule has 3 rings (SSSR count). The molecular formula is C15H14IN3O2. The first kappa shape index (κ1) is 14.3. The number of nitrogens with zero attached hydrogens (tertiary/aromatic N) is 1. The van der Waals surface area contributed by atoms with Gasteiger partial charge in [-0.2, -0.15) is 0 Å². The van der Waals surface area contributed by atoms with E-state index in [-0.39, 0.29) is 10.6 Å². The molecule has 2 aromatic rings. The van der Waals surface area contributed by atoms with Crippen LogP contribution < -0.4 is 10.6 Å². The highest BCUT2D eigenvalue weighted by Gasteiger charge is 2.14. The Morgan fingerprint density at radius 3 is 2.81 bits per heavy atom. The maximum Gasteiger partial charge on any atom is 0.293 e. The summed E-state index contributed by atoms with van der Waals surface area (Å²) in [4.78, 5) is 10.7. The molecule has 0 fully saturated rings.